The Morgan fingerprint density at radius 3 is 2.44 bits per heavy atom. The maximum Gasteiger partial charge on any atom is 0.0234 e. The molecule has 5 unspecified atom stereocenters. The van der Waals surface area contributed by atoms with Crippen LogP contribution in [0.25, 0.3) is 0 Å². The Morgan fingerprint density at radius 1 is 0.720 bits per heavy atom. The minimum Gasteiger partial charge on any atom is -0.316 e. The minimum atomic E-state index is 0.891. The first kappa shape index (κ1) is 18.6. The van der Waals surface area contributed by atoms with E-state index in [2.05, 4.69) is 21.6 Å². The van der Waals surface area contributed by atoms with Gasteiger partial charge in [-0.05, 0) is 88.6 Å². The molecule has 1 N–H and O–H groups in total. The van der Waals surface area contributed by atoms with Gasteiger partial charge in [0.25, 0.3) is 0 Å². The molecule has 0 aromatic rings. The molecule has 3 heteroatoms. The molecular formula is C22H40N2S. The highest BCUT2D eigenvalue weighted by Crippen LogP contribution is 2.46. The van der Waals surface area contributed by atoms with Crippen LogP contribution in [0.5, 0.6) is 0 Å². The van der Waals surface area contributed by atoms with Crippen LogP contribution in [0.15, 0.2) is 0 Å². The highest BCUT2D eigenvalue weighted by Gasteiger charge is 2.39. The van der Waals surface area contributed by atoms with Gasteiger partial charge >= 0.3 is 0 Å². The molecule has 2 aliphatic heterocycles. The van der Waals surface area contributed by atoms with Crippen molar-refractivity contribution in [2.75, 3.05) is 19.6 Å². The van der Waals surface area contributed by atoms with Gasteiger partial charge in [-0.25, -0.2) is 4.31 Å². The Hall–Kier alpha value is 0.270. The van der Waals surface area contributed by atoms with Gasteiger partial charge in [-0.2, -0.15) is 0 Å². The first-order valence-corrected chi connectivity index (χ1v) is 12.4. The number of nitrogens with zero attached hydrogens (tertiary/aromatic N) is 1. The number of hydrogen-bond acceptors (Lipinski definition) is 3. The summed E-state index contributed by atoms with van der Waals surface area (Å²) < 4.78 is 2.92. The number of rotatable bonds is 0. The number of fused-ring (bicyclic) bond motifs is 2. The highest BCUT2D eigenvalue weighted by molar-refractivity contribution is 7.97. The average Bonchev–Trinajstić information content (AvgIpc) is 2.81. The lowest BCUT2D eigenvalue weighted by atomic mass is 9.76. The Bertz CT molecular complexity index is 401. The van der Waals surface area contributed by atoms with E-state index in [1.165, 1.54) is 110 Å². The summed E-state index contributed by atoms with van der Waals surface area (Å²) in [6.45, 7) is 3.91. The van der Waals surface area contributed by atoms with Crippen LogP contribution in [0.3, 0.4) is 0 Å². The van der Waals surface area contributed by atoms with Crippen molar-refractivity contribution < 1.29 is 0 Å². The second-order valence-electron chi connectivity index (χ2n) is 9.38. The summed E-state index contributed by atoms with van der Waals surface area (Å²) in [5.41, 5.74) is 0. The van der Waals surface area contributed by atoms with Gasteiger partial charge in [0.05, 0.1) is 0 Å². The standard InChI is InChI=1S/C22H40N2S/c1-2-4-9-20-12-13-22(20)25-24-15-7-5-8-19-11-10-18(16-21(19)24)17-23-14-6-3-1/h18-23H,1-17H2. The van der Waals surface area contributed by atoms with Crippen LogP contribution in [-0.4, -0.2) is 35.2 Å². The molecular weight excluding hydrogens is 324 g/mol. The van der Waals surface area contributed by atoms with Crippen LogP contribution in [-0.2, 0) is 0 Å². The molecule has 25 heavy (non-hydrogen) atoms. The lowest BCUT2D eigenvalue weighted by molar-refractivity contribution is 0.152. The second kappa shape index (κ2) is 9.46. The third-order valence-electron chi connectivity index (χ3n) is 7.62. The molecule has 2 saturated heterocycles. The molecule has 0 spiro atoms. The Morgan fingerprint density at radius 2 is 1.52 bits per heavy atom. The van der Waals surface area contributed by atoms with E-state index in [9.17, 15) is 0 Å². The zero-order valence-electron chi connectivity index (χ0n) is 16.3. The van der Waals surface area contributed by atoms with E-state index in [1.807, 2.05) is 0 Å². The van der Waals surface area contributed by atoms with Crippen molar-refractivity contribution in [3.63, 3.8) is 0 Å². The molecule has 2 aliphatic carbocycles. The zero-order chi connectivity index (χ0) is 16.9. The van der Waals surface area contributed by atoms with E-state index in [-0.39, 0.29) is 0 Å². The van der Waals surface area contributed by atoms with Crippen LogP contribution in [0.2, 0.25) is 0 Å². The van der Waals surface area contributed by atoms with Crippen LogP contribution < -0.4 is 5.32 Å². The molecule has 4 aliphatic rings. The fourth-order valence-corrected chi connectivity index (χ4v) is 7.50. The monoisotopic (exact) mass is 364 g/mol. The van der Waals surface area contributed by atoms with Crippen molar-refractivity contribution in [1.29, 1.82) is 0 Å². The van der Waals surface area contributed by atoms with Gasteiger partial charge in [0, 0.05) is 17.8 Å². The molecule has 5 atom stereocenters. The number of hydrogen-bond donors (Lipinski definition) is 1. The van der Waals surface area contributed by atoms with E-state index in [0.29, 0.717) is 0 Å². The van der Waals surface area contributed by atoms with Crippen LogP contribution in [0, 0.1) is 17.8 Å². The van der Waals surface area contributed by atoms with E-state index in [1.54, 1.807) is 0 Å². The maximum absolute atomic E-state index is 3.81. The summed E-state index contributed by atoms with van der Waals surface area (Å²) in [4.78, 5) is 0. The summed E-state index contributed by atoms with van der Waals surface area (Å²) in [6.07, 6.45) is 20.7. The lowest BCUT2D eigenvalue weighted by Gasteiger charge is -2.45. The van der Waals surface area contributed by atoms with Gasteiger partial charge in [0.2, 0.25) is 0 Å². The lowest BCUT2D eigenvalue weighted by Crippen LogP contribution is -2.44. The van der Waals surface area contributed by atoms with Crippen molar-refractivity contribution in [1.82, 2.24) is 9.62 Å². The van der Waals surface area contributed by atoms with Gasteiger partial charge in [-0.15, -0.1) is 0 Å². The summed E-state index contributed by atoms with van der Waals surface area (Å²) >= 11 is 2.33. The summed E-state index contributed by atoms with van der Waals surface area (Å²) in [6, 6.07) is 0.891. The first-order chi connectivity index (χ1) is 12.4. The summed E-state index contributed by atoms with van der Waals surface area (Å²) in [7, 11) is 0. The zero-order valence-corrected chi connectivity index (χ0v) is 17.1. The third-order valence-corrected chi connectivity index (χ3v) is 9.23. The molecule has 0 amide bonds. The fourth-order valence-electron chi connectivity index (χ4n) is 5.81. The Labute approximate surface area is 160 Å². The first-order valence-electron chi connectivity index (χ1n) is 11.5. The second-order valence-corrected chi connectivity index (χ2v) is 10.7. The SMILES string of the molecule is C1CCCNCC2CCC3CCCCN(SC4CCC4CCC1)C3C2. The normalized spacial score (nSPS) is 42.0. The molecule has 2 nitrogen and oxygen atoms in total. The largest absolute Gasteiger partial charge is 0.316 e. The molecule has 4 rings (SSSR count). The average molecular weight is 365 g/mol. The minimum absolute atomic E-state index is 0.891. The molecule has 0 aromatic carbocycles. The number of nitrogens with one attached hydrogen (secondary N) is 1. The summed E-state index contributed by atoms with van der Waals surface area (Å²) in [5.74, 6) is 2.98. The Kier molecular flexibility index (Phi) is 7.05. The molecule has 0 aromatic heterocycles. The fraction of sp³-hybridized carbons (Fsp3) is 1.00. The van der Waals surface area contributed by atoms with Gasteiger partial charge in [-0.1, -0.05) is 44.1 Å². The summed E-state index contributed by atoms with van der Waals surface area (Å²) in [5, 5.41) is 4.77. The van der Waals surface area contributed by atoms with Crippen LogP contribution in [0.1, 0.15) is 89.9 Å². The topological polar surface area (TPSA) is 15.3 Å². The molecule has 0 radical (unpaired) electrons. The van der Waals surface area contributed by atoms with Gasteiger partial charge in [0.15, 0.2) is 0 Å². The molecule has 2 heterocycles. The van der Waals surface area contributed by atoms with Crippen LogP contribution >= 0.6 is 11.9 Å². The Balaban J connectivity index is 1.42. The molecule has 2 bridgehead atoms. The van der Waals surface area contributed by atoms with Gasteiger partial charge in [0.1, 0.15) is 0 Å². The third kappa shape index (κ3) is 4.96. The van der Waals surface area contributed by atoms with E-state index >= 15 is 0 Å². The maximum atomic E-state index is 3.81. The van der Waals surface area contributed by atoms with E-state index < -0.39 is 0 Å². The smallest absolute Gasteiger partial charge is 0.0234 e. The van der Waals surface area contributed by atoms with E-state index in [4.69, 9.17) is 0 Å². The van der Waals surface area contributed by atoms with Crippen molar-refractivity contribution in [2.24, 2.45) is 17.8 Å². The van der Waals surface area contributed by atoms with Gasteiger partial charge < -0.3 is 5.32 Å². The molecule has 144 valence electrons. The predicted molar refractivity (Wildman–Crippen MR) is 110 cm³/mol. The van der Waals surface area contributed by atoms with Crippen molar-refractivity contribution in [3.05, 3.63) is 0 Å². The predicted octanol–water partition coefficient (Wildman–Crippen LogP) is 5.63. The van der Waals surface area contributed by atoms with Crippen molar-refractivity contribution in [3.8, 4) is 0 Å². The molecule has 2 saturated carbocycles. The van der Waals surface area contributed by atoms with Gasteiger partial charge in [-0.3, -0.25) is 0 Å². The van der Waals surface area contributed by atoms with Crippen molar-refractivity contribution in [2.45, 2.75) is 101 Å². The molecule has 4 fully saturated rings. The quantitative estimate of drug-likeness (QED) is 0.561. The van der Waals surface area contributed by atoms with E-state index in [0.717, 1.165) is 29.0 Å². The van der Waals surface area contributed by atoms with Crippen LogP contribution in [0.4, 0.5) is 0 Å². The van der Waals surface area contributed by atoms with Crippen molar-refractivity contribution >= 4 is 11.9 Å². The highest BCUT2D eigenvalue weighted by atomic mass is 32.2.